The molecule has 0 fully saturated rings. The maximum Gasteiger partial charge on any atom is 0.253 e. The first-order valence-corrected chi connectivity index (χ1v) is 5.78. The van der Waals surface area contributed by atoms with Gasteiger partial charge in [0.25, 0.3) is 5.91 Å². The first-order chi connectivity index (χ1) is 8.63. The Morgan fingerprint density at radius 1 is 1.44 bits per heavy atom. The van der Waals surface area contributed by atoms with Crippen LogP contribution >= 0.6 is 0 Å². The Labute approximate surface area is 104 Å². The highest BCUT2D eigenvalue weighted by atomic mass is 16.3. The van der Waals surface area contributed by atoms with Gasteiger partial charge in [-0.15, -0.1) is 0 Å². The van der Waals surface area contributed by atoms with E-state index in [-0.39, 0.29) is 19.1 Å². The van der Waals surface area contributed by atoms with E-state index in [0.717, 1.165) is 16.6 Å². The van der Waals surface area contributed by atoms with Crippen LogP contribution in [-0.2, 0) is 0 Å². The van der Waals surface area contributed by atoms with Gasteiger partial charge in [0.15, 0.2) is 0 Å². The minimum atomic E-state index is -0.931. The third-order valence-electron chi connectivity index (χ3n) is 2.83. The number of H-pyrrole nitrogens is 1. The SMILES string of the molecule is Cc1[nH]c2ccccc2c1C(=O)NCC(O)CO. The van der Waals surface area contributed by atoms with Crippen molar-refractivity contribution in [2.45, 2.75) is 13.0 Å². The minimum absolute atomic E-state index is 0.0360. The number of carbonyl (C=O) groups excluding carboxylic acids is 1. The van der Waals surface area contributed by atoms with Crippen LogP contribution in [0.2, 0.25) is 0 Å². The molecule has 0 saturated carbocycles. The Hall–Kier alpha value is -1.85. The number of aliphatic hydroxyl groups excluding tert-OH is 2. The van der Waals surface area contributed by atoms with Crippen molar-refractivity contribution in [1.29, 1.82) is 0 Å². The Morgan fingerprint density at radius 2 is 2.17 bits per heavy atom. The van der Waals surface area contributed by atoms with Crippen LogP contribution in [0.15, 0.2) is 24.3 Å². The van der Waals surface area contributed by atoms with Crippen molar-refractivity contribution in [2.24, 2.45) is 0 Å². The maximum absolute atomic E-state index is 12.0. The highest BCUT2D eigenvalue weighted by Gasteiger charge is 2.16. The van der Waals surface area contributed by atoms with Crippen LogP contribution in [0.5, 0.6) is 0 Å². The van der Waals surface area contributed by atoms with Gasteiger partial charge in [0.2, 0.25) is 0 Å². The molecule has 1 atom stereocenters. The molecule has 1 heterocycles. The van der Waals surface area contributed by atoms with Gasteiger partial charge in [0.1, 0.15) is 0 Å². The number of fused-ring (bicyclic) bond motifs is 1. The summed E-state index contributed by atoms with van der Waals surface area (Å²) in [5.41, 5.74) is 2.27. The molecular weight excluding hydrogens is 232 g/mol. The fraction of sp³-hybridized carbons (Fsp3) is 0.308. The molecule has 0 aliphatic heterocycles. The topological polar surface area (TPSA) is 85.4 Å². The van der Waals surface area contributed by atoms with E-state index in [4.69, 9.17) is 5.11 Å². The molecule has 4 N–H and O–H groups in total. The van der Waals surface area contributed by atoms with Crippen LogP contribution in [0.4, 0.5) is 0 Å². The van der Waals surface area contributed by atoms with Gasteiger partial charge in [-0.2, -0.15) is 0 Å². The molecule has 0 aliphatic carbocycles. The van der Waals surface area contributed by atoms with Crippen LogP contribution in [0, 0.1) is 6.92 Å². The number of benzene rings is 1. The predicted molar refractivity (Wildman–Crippen MR) is 68.5 cm³/mol. The van der Waals surface area contributed by atoms with Gasteiger partial charge >= 0.3 is 0 Å². The summed E-state index contributed by atoms with van der Waals surface area (Å²) in [6, 6.07) is 7.54. The van der Waals surface area contributed by atoms with E-state index in [9.17, 15) is 9.90 Å². The second-order valence-corrected chi connectivity index (χ2v) is 4.22. The maximum atomic E-state index is 12.0. The molecule has 96 valence electrons. The van der Waals surface area contributed by atoms with Crippen LogP contribution in [-0.4, -0.2) is 40.4 Å². The molecule has 0 saturated heterocycles. The van der Waals surface area contributed by atoms with Crippen molar-refractivity contribution < 1.29 is 15.0 Å². The van der Waals surface area contributed by atoms with Gasteiger partial charge in [-0.05, 0) is 13.0 Å². The molecule has 1 amide bonds. The molecule has 18 heavy (non-hydrogen) atoms. The second-order valence-electron chi connectivity index (χ2n) is 4.22. The van der Waals surface area contributed by atoms with E-state index in [1.165, 1.54) is 0 Å². The summed E-state index contributed by atoms with van der Waals surface area (Å²) < 4.78 is 0. The lowest BCUT2D eigenvalue weighted by atomic mass is 10.1. The van der Waals surface area contributed by atoms with Crippen molar-refractivity contribution in [3.8, 4) is 0 Å². The van der Waals surface area contributed by atoms with Crippen molar-refractivity contribution in [2.75, 3.05) is 13.2 Å². The second kappa shape index (κ2) is 5.20. The van der Waals surface area contributed by atoms with Gasteiger partial charge in [-0.3, -0.25) is 4.79 Å². The molecule has 1 aromatic carbocycles. The molecule has 0 spiro atoms. The van der Waals surface area contributed by atoms with Crippen LogP contribution in [0.3, 0.4) is 0 Å². The molecule has 1 aromatic heterocycles. The zero-order chi connectivity index (χ0) is 13.1. The highest BCUT2D eigenvalue weighted by Crippen LogP contribution is 2.21. The average molecular weight is 248 g/mol. The van der Waals surface area contributed by atoms with Crippen LogP contribution in [0.25, 0.3) is 10.9 Å². The van der Waals surface area contributed by atoms with Crippen molar-refractivity contribution >= 4 is 16.8 Å². The smallest absolute Gasteiger partial charge is 0.253 e. The summed E-state index contributed by atoms with van der Waals surface area (Å²) in [6.07, 6.45) is -0.931. The van der Waals surface area contributed by atoms with E-state index in [1.54, 1.807) is 0 Å². The zero-order valence-corrected chi connectivity index (χ0v) is 10.1. The molecular formula is C13H16N2O3. The quantitative estimate of drug-likeness (QED) is 0.637. The van der Waals surface area contributed by atoms with Gasteiger partial charge in [0, 0.05) is 23.1 Å². The summed E-state index contributed by atoms with van der Waals surface area (Å²) in [7, 11) is 0. The number of rotatable bonds is 4. The molecule has 2 rings (SSSR count). The average Bonchev–Trinajstić information content (AvgIpc) is 2.71. The summed E-state index contributed by atoms with van der Waals surface area (Å²) >= 11 is 0. The lowest BCUT2D eigenvalue weighted by Crippen LogP contribution is -2.34. The Balaban J connectivity index is 2.25. The van der Waals surface area contributed by atoms with E-state index >= 15 is 0 Å². The number of hydrogen-bond donors (Lipinski definition) is 4. The molecule has 5 heteroatoms. The normalized spacial score (nSPS) is 12.6. The number of nitrogens with one attached hydrogen (secondary N) is 2. The number of aryl methyl sites for hydroxylation is 1. The number of aliphatic hydroxyl groups is 2. The van der Waals surface area contributed by atoms with Gasteiger partial charge in [0.05, 0.1) is 18.3 Å². The third-order valence-corrected chi connectivity index (χ3v) is 2.83. The first kappa shape index (κ1) is 12.6. The lowest BCUT2D eigenvalue weighted by Gasteiger charge is -2.09. The molecule has 5 nitrogen and oxygen atoms in total. The number of aromatic nitrogens is 1. The summed E-state index contributed by atoms with van der Waals surface area (Å²) in [5.74, 6) is -0.252. The van der Waals surface area contributed by atoms with Crippen molar-refractivity contribution in [3.05, 3.63) is 35.5 Å². The van der Waals surface area contributed by atoms with Crippen molar-refractivity contribution in [3.63, 3.8) is 0 Å². The fourth-order valence-corrected chi connectivity index (χ4v) is 1.93. The largest absolute Gasteiger partial charge is 0.394 e. The summed E-state index contributed by atoms with van der Waals surface area (Å²) in [6.45, 7) is 1.50. The van der Waals surface area contributed by atoms with Gasteiger partial charge in [-0.1, -0.05) is 18.2 Å². The summed E-state index contributed by atoms with van der Waals surface area (Å²) in [4.78, 5) is 15.2. The number of carbonyl (C=O) groups is 1. The van der Waals surface area contributed by atoms with Crippen molar-refractivity contribution in [1.82, 2.24) is 10.3 Å². The molecule has 0 aliphatic rings. The monoisotopic (exact) mass is 248 g/mol. The number of amides is 1. The van der Waals surface area contributed by atoms with Crippen LogP contribution in [0.1, 0.15) is 16.1 Å². The first-order valence-electron chi connectivity index (χ1n) is 5.78. The zero-order valence-electron chi connectivity index (χ0n) is 10.1. The Bertz CT molecular complexity index is 562. The standard InChI is InChI=1S/C13H16N2O3/c1-8-12(13(18)14-6-9(17)7-16)10-4-2-3-5-11(10)15-8/h2-5,9,15-17H,6-7H2,1H3,(H,14,18). The minimum Gasteiger partial charge on any atom is -0.394 e. The molecule has 1 unspecified atom stereocenters. The number of hydrogen-bond acceptors (Lipinski definition) is 3. The van der Waals surface area contributed by atoms with Gasteiger partial charge in [-0.25, -0.2) is 0 Å². The van der Waals surface area contributed by atoms with E-state index in [1.807, 2.05) is 31.2 Å². The molecule has 2 aromatic rings. The van der Waals surface area contributed by atoms with E-state index in [2.05, 4.69) is 10.3 Å². The van der Waals surface area contributed by atoms with Crippen LogP contribution < -0.4 is 5.32 Å². The molecule has 0 radical (unpaired) electrons. The van der Waals surface area contributed by atoms with E-state index in [0.29, 0.717) is 5.56 Å². The lowest BCUT2D eigenvalue weighted by molar-refractivity contribution is 0.0802. The Kier molecular flexibility index (Phi) is 3.64. The molecule has 0 bridgehead atoms. The predicted octanol–water partition coefficient (Wildman–Crippen LogP) is 0.559. The summed E-state index contributed by atoms with van der Waals surface area (Å²) in [5, 5.41) is 21.4. The fourth-order valence-electron chi connectivity index (χ4n) is 1.93. The highest BCUT2D eigenvalue weighted by molar-refractivity contribution is 6.08. The number of aromatic amines is 1. The van der Waals surface area contributed by atoms with Gasteiger partial charge < -0.3 is 20.5 Å². The third kappa shape index (κ3) is 2.37. The Morgan fingerprint density at radius 3 is 2.89 bits per heavy atom. The number of para-hydroxylation sites is 1. The van der Waals surface area contributed by atoms with E-state index < -0.39 is 6.10 Å².